The molecule has 0 aliphatic heterocycles. The van der Waals surface area contributed by atoms with Gasteiger partial charge in [0.05, 0.1) is 11.9 Å². The van der Waals surface area contributed by atoms with Crippen LogP contribution in [0.4, 0.5) is 4.39 Å². The first kappa shape index (κ1) is 12.2. The van der Waals surface area contributed by atoms with Crippen molar-refractivity contribution in [3.8, 4) is 5.75 Å². The monoisotopic (exact) mass is 274 g/mol. The lowest BCUT2D eigenvalue weighted by atomic mass is 10.1. The Labute approximate surface area is 96.6 Å². The summed E-state index contributed by atoms with van der Waals surface area (Å²) in [5.41, 5.74) is 0.358. The van der Waals surface area contributed by atoms with Crippen molar-refractivity contribution in [1.29, 1.82) is 0 Å². The summed E-state index contributed by atoms with van der Waals surface area (Å²) in [6, 6.07) is 4.22. The molecule has 1 rings (SSSR count). The Morgan fingerprint density at radius 3 is 2.73 bits per heavy atom. The number of methoxy groups -OCH3 is 1. The third-order valence-corrected chi connectivity index (χ3v) is 3.14. The Bertz CT molecular complexity index is 366. The summed E-state index contributed by atoms with van der Waals surface area (Å²) < 4.78 is 18.1. The fraction of sp³-hybridized carbons (Fsp3) is 0.364. The summed E-state index contributed by atoms with van der Waals surface area (Å²) in [4.78, 5) is 11.4. The molecule has 0 aromatic heterocycles. The lowest BCUT2D eigenvalue weighted by Gasteiger charge is -2.07. The summed E-state index contributed by atoms with van der Waals surface area (Å²) in [6.07, 6.45) is 0.673. The Morgan fingerprint density at radius 2 is 2.27 bits per heavy atom. The van der Waals surface area contributed by atoms with Gasteiger partial charge in [-0.3, -0.25) is 4.79 Å². The molecule has 0 aliphatic carbocycles. The van der Waals surface area contributed by atoms with E-state index < -0.39 is 5.82 Å². The largest absolute Gasteiger partial charge is 0.494 e. The van der Waals surface area contributed by atoms with Crippen molar-refractivity contribution >= 4 is 21.7 Å². The van der Waals surface area contributed by atoms with E-state index in [-0.39, 0.29) is 16.4 Å². The van der Waals surface area contributed by atoms with Gasteiger partial charge in [0.15, 0.2) is 17.3 Å². The van der Waals surface area contributed by atoms with Crippen LogP contribution in [0.25, 0.3) is 0 Å². The van der Waals surface area contributed by atoms with E-state index in [1.165, 1.54) is 19.2 Å². The number of halogens is 2. The van der Waals surface area contributed by atoms with E-state index in [2.05, 4.69) is 15.9 Å². The van der Waals surface area contributed by atoms with Gasteiger partial charge in [0.1, 0.15) is 0 Å². The normalized spacial score (nSPS) is 12.3. The van der Waals surface area contributed by atoms with Crippen LogP contribution in [0.2, 0.25) is 0 Å². The molecule has 1 aromatic rings. The van der Waals surface area contributed by atoms with Crippen molar-refractivity contribution in [3.63, 3.8) is 0 Å². The minimum atomic E-state index is -0.515. The average molecular weight is 275 g/mol. The molecule has 2 nitrogen and oxygen atoms in total. The summed E-state index contributed by atoms with van der Waals surface area (Å²) in [7, 11) is 1.39. The quantitative estimate of drug-likeness (QED) is 0.623. The zero-order valence-corrected chi connectivity index (χ0v) is 10.2. The molecule has 0 N–H and O–H groups in total. The van der Waals surface area contributed by atoms with E-state index >= 15 is 0 Å². The number of ketones is 1. The van der Waals surface area contributed by atoms with Gasteiger partial charge in [0, 0.05) is 5.56 Å². The molecule has 0 radical (unpaired) electrons. The smallest absolute Gasteiger partial charge is 0.176 e. The zero-order valence-electron chi connectivity index (χ0n) is 8.59. The predicted octanol–water partition coefficient (Wildman–Crippen LogP) is 3.19. The second-order valence-electron chi connectivity index (χ2n) is 3.09. The molecule has 82 valence electrons. The SMILES string of the molecule is CCC(Br)C(=O)c1ccc(OC)c(F)c1. The first-order chi connectivity index (χ1) is 7.10. The number of ether oxygens (including phenoxy) is 1. The average Bonchev–Trinajstić information content (AvgIpc) is 2.26. The first-order valence-electron chi connectivity index (χ1n) is 4.62. The Kier molecular flexibility index (Phi) is 4.27. The molecule has 0 heterocycles. The Morgan fingerprint density at radius 1 is 1.60 bits per heavy atom. The van der Waals surface area contributed by atoms with Gasteiger partial charge < -0.3 is 4.74 Å². The third kappa shape index (κ3) is 2.78. The molecule has 0 bridgehead atoms. The van der Waals surface area contributed by atoms with Crippen molar-refractivity contribution < 1.29 is 13.9 Å². The minimum absolute atomic E-state index is 0.112. The number of hydrogen-bond donors (Lipinski definition) is 0. The molecule has 1 unspecified atom stereocenters. The van der Waals surface area contributed by atoms with E-state index in [4.69, 9.17) is 4.74 Å². The molecule has 0 fully saturated rings. The highest BCUT2D eigenvalue weighted by atomic mass is 79.9. The van der Waals surface area contributed by atoms with E-state index in [9.17, 15) is 9.18 Å². The number of carbonyl (C=O) groups excluding carboxylic acids is 1. The number of hydrogen-bond acceptors (Lipinski definition) is 2. The van der Waals surface area contributed by atoms with Crippen molar-refractivity contribution in [3.05, 3.63) is 29.6 Å². The van der Waals surface area contributed by atoms with Crippen molar-refractivity contribution in [1.82, 2.24) is 0 Å². The first-order valence-corrected chi connectivity index (χ1v) is 5.53. The number of Topliss-reactive ketones (excluding diaryl/α,β-unsaturated/α-hetero) is 1. The lowest BCUT2D eigenvalue weighted by Crippen LogP contribution is -2.13. The molecule has 4 heteroatoms. The van der Waals surface area contributed by atoms with Crippen LogP contribution < -0.4 is 4.74 Å². The van der Waals surface area contributed by atoms with E-state index in [0.717, 1.165) is 0 Å². The van der Waals surface area contributed by atoms with Crippen LogP contribution in [-0.2, 0) is 0 Å². The van der Waals surface area contributed by atoms with Crippen molar-refractivity contribution in [2.24, 2.45) is 0 Å². The molecule has 0 spiro atoms. The standard InChI is InChI=1S/C11H12BrFO2/c1-3-8(12)11(14)7-4-5-10(15-2)9(13)6-7/h4-6,8H,3H2,1-2H3. The summed E-state index contributed by atoms with van der Waals surface area (Å²) in [5.74, 6) is -0.479. The van der Waals surface area contributed by atoms with Crippen LogP contribution in [0.5, 0.6) is 5.75 Å². The highest BCUT2D eigenvalue weighted by Gasteiger charge is 2.16. The Balaban J connectivity index is 2.97. The van der Waals surface area contributed by atoms with Crippen LogP contribution in [0.3, 0.4) is 0 Å². The van der Waals surface area contributed by atoms with Crippen molar-refractivity contribution in [2.75, 3.05) is 7.11 Å². The minimum Gasteiger partial charge on any atom is -0.494 e. The second kappa shape index (κ2) is 5.26. The van der Waals surface area contributed by atoms with Crippen LogP contribution >= 0.6 is 15.9 Å². The van der Waals surface area contributed by atoms with E-state index in [1.54, 1.807) is 6.07 Å². The van der Waals surface area contributed by atoms with Gasteiger partial charge in [-0.05, 0) is 24.6 Å². The maximum Gasteiger partial charge on any atom is 0.176 e. The number of benzene rings is 1. The van der Waals surface area contributed by atoms with Gasteiger partial charge in [-0.2, -0.15) is 0 Å². The molecular formula is C11H12BrFO2. The third-order valence-electron chi connectivity index (χ3n) is 2.08. The molecule has 0 saturated heterocycles. The second-order valence-corrected chi connectivity index (χ2v) is 4.19. The fourth-order valence-electron chi connectivity index (χ4n) is 1.19. The Hall–Kier alpha value is -0.900. The number of alkyl halides is 1. The molecular weight excluding hydrogens is 263 g/mol. The van der Waals surface area contributed by atoms with Gasteiger partial charge in [0.2, 0.25) is 0 Å². The summed E-state index contributed by atoms with van der Waals surface area (Å²) in [6.45, 7) is 1.89. The molecule has 1 atom stereocenters. The van der Waals surface area contributed by atoms with Gasteiger partial charge in [0.25, 0.3) is 0 Å². The maximum absolute atomic E-state index is 13.3. The van der Waals surface area contributed by atoms with Crippen LogP contribution in [0.15, 0.2) is 18.2 Å². The lowest BCUT2D eigenvalue weighted by molar-refractivity contribution is 0.0989. The fourth-order valence-corrected chi connectivity index (χ4v) is 1.45. The van der Waals surface area contributed by atoms with Crippen LogP contribution in [0, 0.1) is 5.82 Å². The summed E-state index contributed by atoms with van der Waals surface area (Å²) in [5, 5.41) is 0. The van der Waals surface area contributed by atoms with E-state index in [0.29, 0.717) is 12.0 Å². The van der Waals surface area contributed by atoms with Crippen LogP contribution in [0.1, 0.15) is 23.7 Å². The zero-order chi connectivity index (χ0) is 11.4. The molecule has 0 aliphatic rings. The molecule has 15 heavy (non-hydrogen) atoms. The van der Waals surface area contributed by atoms with Crippen molar-refractivity contribution in [2.45, 2.75) is 18.2 Å². The van der Waals surface area contributed by atoms with E-state index in [1.807, 2.05) is 6.92 Å². The van der Waals surface area contributed by atoms with Gasteiger partial charge in [-0.1, -0.05) is 22.9 Å². The topological polar surface area (TPSA) is 26.3 Å². The van der Waals surface area contributed by atoms with Gasteiger partial charge in [-0.15, -0.1) is 0 Å². The molecule has 1 aromatic carbocycles. The highest BCUT2D eigenvalue weighted by molar-refractivity contribution is 9.10. The van der Waals surface area contributed by atoms with Gasteiger partial charge >= 0.3 is 0 Å². The summed E-state index contributed by atoms with van der Waals surface area (Å²) >= 11 is 3.24. The van der Waals surface area contributed by atoms with Gasteiger partial charge in [-0.25, -0.2) is 4.39 Å². The number of carbonyl (C=O) groups is 1. The highest BCUT2D eigenvalue weighted by Crippen LogP contribution is 2.20. The maximum atomic E-state index is 13.3. The van der Waals surface area contributed by atoms with Crippen LogP contribution in [-0.4, -0.2) is 17.7 Å². The molecule has 0 saturated carbocycles. The molecule has 0 amide bonds. The predicted molar refractivity (Wildman–Crippen MR) is 60.3 cm³/mol. The number of rotatable bonds is 4.